The van der Waals surface area contributed by atoms with Crippen molar-refractivity contribution in [2.24, 2.45) is 0 Å². The third kappa shape index (κ3) is 3.17. The highest BCUT2D eigenvalue weighted by Gasteiger charge is 2.26. The van der Waals surface area contributed by atoms with Crippen LogP contribution < -0.4 is 10.2 Å². The molecule has 5 nitrogen and oxygen atoms in total. The number of carbonyl (C=O) groups is 1. The van der Waals surface area contributed by atoms with Gasteiger partial charge in [-0.15, -0.1) is 0 Å². The van der Waals surface area contributed by atoms with E-state index in [-0.39, 0.29) is 23.2 Å². The van der Waals surface area contributed by atoms with Gasteiger partial charge in [0.15, 0.2) is 17.5 Å². The number of para-hydroxylation sites is 1. The van der Waals surface area contributed by atoms with Gasteiger partial charge >= 0.3 is 0 Å². The smallest absolute Gasteiger partial charge is 0.277 e. The maximum Gasteiger partial charge on any atom is 0.277 e. The third-order valence-electron chi connectivity index (χ3n) is 4.49. The molecule has 3 aromatic rings. The van der Waals surface area contributed by atoms with Crippen molar-refractivity contribution in [1.29, 1.82) is 0 Å². The number of aromatic nitrogens is 2. The predicted octanol–water partition coefficient (Wildman–Crippen LogP) is 4.15. The first-order valence-corrected chi connectivity index (χ1v) is 8.60. The van der Waals surface area contributed by atoms with Crippen LogP contribution in [0.25, 0.3) is 0 Å². The molecule has 142 valence electrons. The first kappa shape index (κ1) is 18.0. The van der Waals surface area contributed by atoms with E-state index in [0.717, 1.165) is 29.8 Å². The summed E-state index contributed by atoms with van der Waals surface area (Å²) in [6.07, 6.45) is 0.747. The molecule has 0 spiro atoms. The van der Waals surface area contributed by atoms with Crippen molar-refractivity contribution in [1.82, 2.24) is 9.97 Å². The van der Waals surface area contributed by atoms with Crippen LogP contribution >= 0.6 is 0 Å². The Morgan fingerprint density at radius 2 is 1.86 bits per heavy atom. The molecule has 4 rings (SSSR count). The molecule has 0 aliphatic carbocycles. The molecule has 0 fully saturated rings. The molecule has 0 bridgehead atoms. The minimum Gasteiger partial charge on any atom is -0.322 e. The molecule has 0 saturated carbocycles. The highest BCUT2D eigenvalue weighted by Crippen LogP contribution is 2.29. The van der Waals surface area contributed by atoms with Crippen LogP contribution in [0, 0.1) is 24.4 Å². The fourth-order valence-electron chi connectivity index (χ4n) is 3.16. The molecule has 2 heterocycles. The Balaban J connectivity index is 1.65. The fraction of sp³-hybridized carbons (Fsp3) is 0.150. The molecule has 1 amide bonds. The summed E-state index contributed by atoms with van der Waals surface area (Å²) in [7, 11) is 0. The first-order valence-electron chi connectivity index (χ1n) is 8.60. The van der Waals surface area contributed by atoms with Gasteiger partial charge < -0.3 is 10.2 Å². The molecule has 1 aliphatic rings. The standard InChI is InChI=1S/C20H15F3N4O/c1-11-10-15(19(28)27-9-8-12-4-2-3-5-16(12)27)26-20(24-11)25-14-7-6-13(21)17(22)18(14)23/h2-7,10H,8-9H2,1H3,(H,24,25,26). The summed E-state index contributed by atoms with van der Waals surface area (Å²) >= 11 is 0. The summed E-state index contributed by atoms with van der Waals surface area (Å²) in [5.41, 5.74) is 2.16. The molecule has 2 aromatic carbocycles. The van der Waals surface area contributed by atoms with Crippen LogP contribution in [0.5, 0.6) is 0 Å². The zero-order chi connectivity index (χ0) is 19.8. The Hall–Kier alpha value is -3.42. The van der Waals surface area contributed by atoms with E-state index in [0.29, 0.717) is 12.2 Å². The minimum atomic E-state index is -1.59. The number of aryl methyl sites for hydroxylation is 1. The van der Waals surface area contributed by atoms with Gasteiger partial charge in [-0.3, -0.25) is 4.79 Å². The number of hydrogen-bond donors (Lipinski definition) is 1. The summed E-state index contributed by atoms with van der Waals surface area (Å²) in [5, 5.41) is 2.51. The Bertz CT molecular complexity index is 1090. The van der Waals surface area contributed by atoms with Gasteiger partial charge in [-0.1, -0.05) is 18.2 Å². The Morgan fingerprint density at radius 1 is 1.07 bits per heavy atom. The lowest BCUT2D eigenvalue weighted by Crippen LogP contribution is -2.30. The summed E-state index contributed by atoms with van der Waals surface area (Å²) in [6, 6.07) is 11.0. The molecule has 0 atom stereocenters. The van der Waals surface area contributed by atoms with Crippen LogP contribution in [0.1, 0.15) is 21.7 Å². The Labute approximate surface area is 158 Å². The van der Waals surface area contributed by atoms with Crippen molar-refractivity contribution >= 4 is 23.2 Å². The van der Waals surface area contributed by atoms with Crippen molar-refractivity contribution < 1.29 is 18.0 Å². The average molecular weight is 384 g/mol. The first-order chi connectivity index (χ1) is 13.4. The zero-order valence-electron chi connectivity index (χ0n) is 14.8. The molecule has 0 unspecified atom stereocenters. The highest BCUT2D eigenvalue weighted by atomic mass is 19.2. The third-order valence-corrected chi connectivity index (χ3v) is 4.49. The average Bonchev–Trinajstić information content (AvgIpc) is 3.11. The van der Waals surface area contributed by atoms with E-state index >= 15 is 0 Å². The van der Waals surface area contributed by atoms with E-state index in [1.807, 2.05) is 24.3 Å². The van der Waals surface area contributed by atoms with Crippen molar-refractivity contribution in [2.45, 2.75) is 13.3 Å². The number of nitrogens with zero attached hydrogens (tertiary/aromatic N) is 3. The zero-order valence-corrected chi connectivity index (χ0v) is 14.8. The van der Waals surface area contributed by atoms with Gasteiger partial charge in [-0.25, -0.2) is 23.1 Å². The van der Waals surface area contributed by atoms with Gasteiger partial charge in [0, 0.05) is 17.9 Å². The number of anilines is 3. The molecule has 8 heteroatoms. The van der Waals surface area contributed by atoms with Gasteiger partial charge in [0.05, 0.1) is 5.69 Å². The van der Waals surface area contributed by atoms with Crippen LogP contribution in [0.4, 0.5) is 30.5 Å². The maximum atomic E-state index is 13.9. The van der Waals surface area contributed by atoms with E-state index in [1.54, 1.807) is 11.8 Å². The van der Waals surface area contributed by atoms with Crippen molar-refractivity contribution in [3.05, 3.63) is 76.9 Å². The van der Waals surface area contributed by atoms with Crippen LogP contribution in [0.2, 0.25) is 0 Å². The van der Waals surface area contributed by atoms with E-state index in [2.05, 4.69) is 15.3 Å². The lowest BCUT2D eigenvalue weighted by molar-refractivity contribution is 0.0984. The van der Waals surface area contributed by atoms with Crippen LogP contribution in [0.3, 0.4) is 0 Å². The van der Waals surface area contributed by atoms with E-state index < -0.39 is 17.5 Å². The molecule has 28 heavy (non-hydrogen) atoms. The van der Waals surface area contributed by atoms with E-state index in [4.69, 9.17) is 0 Å². The van der Waals surface area contributed by atoms with Gasteiger partial charge in [0.1, 0.15) is 5.69 Å². The largest absolute Gasteiger partial charge is 0.322 e. The number of carbonyl (C=O) groups excluding carboxylic acids is 1. The molecule has 0 radical (unpaired) electrons. The fourth-order valence-corrected chi connectivity index (χ4v) is 3.16. The van der Waals surface area contributed by atoms with Crippen LogP contribution in [0.15, 0.2) is 42.5 Å². The monoisotopic (exact) mass is 384 g/mol. The summed E-state index contributed by atoms with van der Waals surface area (Å²) in [4.78, 5) is 22.8. The second-order valence-electron chi connectivity index (χ2n) is 6.40. The summed E-state index contributed by atoms with van der Waals surface area (Å²) in [5.74, 6) is -4.67. The molecular formula is C20H15F3N4O. The van der Waals surface area contributed by atoms with Crippen LogP contribution in [-0.2, 0) is 6.42 Å². The van der Waals surface area contributed by atoms with E-state index in [9.17, 15) is 18.0 Å². The quantitative estimate of drug-likeness (QED) is 0.690. The normalized spacial score (nSPS) is 12.8. The number of benzene rings is 2. The van der Waals surface area contributed by atoms with Gasteiger partial charge in [-0.05, 0) is 43.2 Å². The number of nitrogens with one attached hydrogen (secondary N) is 1. The Morgan fingerprint density at radius 3 is 2.68 bits per heavy atom. The van der Waals surface area contributed by atoms with Crippen LogP contribution in [-0.4, -0.2) is 22.4 Å². The number of rotatable bonds is 3. The van der Waals surface area contributed by atoms with Gasteiger partial charge in [0.2, 0.25) is 5.95 Å². The second-order valence-corrected chi connectivity index (χ2v) is 6.40. The number of amides is 1. The lowest BCUT2D eigenvalue weighted by atomic mass is 10.2. The topological polar surface area (TPSA) is 58.1 Å². The molecule has 1 N–H and O–H groups in total. The summed E-state index contributed by atoms with van der Waals surface area (Å²) in [6.45, 7) is 2.19. The molecular weight excluding hydrogens is 369 g/mol. The van der Waals surface area contributed by atoms with Gasteiger partial charge in [-0.2, -0.15) is 0 Å². The highest BCUT2D eigenvalue weighted by molar-refractivity contribution is 6.06. The molecule has 1 aromatic heterocycles. The number of hydrogen-bond acceptors (Lipinski definition) is 4. The molecule has 0 saturated heterocycles. The number of halogens is 3. The lowest BCUT2D eigenvalue weighted by Gasteiger charge is -2.17. The summed E-state index contributed by atoms with van der Waals surface area (Å²) < 4.78 is 40.4. The van der Waals surface area contributed by atoms with Crippen molar-refractivity contribution in [2.75, 3.05) is 16.8 Å². The maximum absolute atomic E-state index is 13.9. The minimum absolute atomic E-state index is 0.0826. The van der Waals surface area contributed by atoms with E-state index in [1.165, 1.54) is 6.07 Å². The van der Waals surface area contributed by atoms with Gasteiger partial charge in [0.25, 0.3) is 5.91 Å². The molecule has 1 aliphatic heterocycles. The second kappa shape index (κ2) is 6.95. The number of fused-ring (bicyclic) bond motifs is 1. The predicted molar refractivity (Wildman–Crippen MR) is 98.2 cm³/mol. The Kier molecular flexibility index (Phi) is 4.46. The van der Waals surface area contributed by atoms with Crippen molar-refractivity contribution in [3.8, 4) is 0 Å². The SMILES string of the molecule is Cc1cc(C(=O)N2CCc3ccccc32)nc(Nc2ccc(F)c(F)c2F)n1. The van der Waals surface area contributed by atoms with Crippen molar-refractivity contribution in [3.63, 3.8) is 0 Å².